The second kappa shape index (κ2) is 4.45. The normalized spacial score (nSPS) is 10.7. The zero-order valence-corrected chi connectivity index (χ0v) is 9.03. The first-order chi connectivity index (χ1) is 7.74. The van der Waals surface area contributed by atoms with E-state index in [2.05, 4.69) is 4.98 Å². The lowest BCUT2D eigenvalue weighted by Gasteiger charge is -1.94. The van der Waals surface area contributed by atoms with Crippen LogP contribution in [0.15, 0.2) is 28.7 Å². The lowest BCUT2D eigenvalue weighted by molar-refractivity contribution is 0.516. The molecule has 0 spiro atoms. The van der Waals surface area contributed by atoms with Crippen molar-refractivity contribution in [2.75, 3.05) is 0 Å². The van der Waals surface area contributed by atoms with E-state index in [1.165, 1.54) is 12.1 Å². The maximum absolute atomic E-state index is 13.0. The highest BCUT2D eigenvalue weighted by atomic mass is 19.1. The molecule has 0 aliphatic heterocycles. The number of rotatable bonds is 3. The fraction of sp³-hybridized carbons (Fsp3) is 0.250. The summed E-state index contributed by atoms with van der Waals surface area (Å²) in [6, 6.07) is 6.17. The van der Waals surface area contributed by atoms with Crippen LogP contribution in [0.2, 0.25) is 0 Å². The number of benzene rings is 1. The summed E-state index contributed by atoms with van der Waals surface area (Å²) in [6.45, 7) is 2.29. The fourth-order valence-corrected chi connectivity index (χ4v) is 1.56. The first-order valence-electron chi connectivity index (χ1n) is 5.19. The van der Waals surface area contributed by atoms with Gasteiger partial charge in [-0.15, -0.1) is 0 Å². The molecule has 0 fully saturated rings. The van der Waals surface area contributed by atoms with Crippen molar-refractivity contribution in [1.82, 2.24) is 4.98 Å². The van der Waals surface area contributed by atoms with Crippen LogP contribution in [0.25, 0.3) is 11.5 Å². The van der Waals surface area contributed by atoms with Gasteiger partial charge in [0.15, 0.2) is 0 Å². The Morgan fingerprint density at radius 3 is 2.81 bits per heavy atom. The first kappa shape index (κ1) is 10.8. The van der Waals surface area contributed by atoms with Crippen LogP contribution in [0.3, 0.4) is 0 Å². The number of nitrogens with two attached hydrogens (primary N) is 1. The van der Waals surface area contributed by atoms with Crippen molar-refractivity contribution in [2.45, 2.75) is 19.9 Å². The van der Waals surface area contributed by atoms with E-state index >= 15 is 0 Å². The van der Waals surface area contributed by atoms with Crippen LogP contribution in [0, 0.1) is 5.82 Å². The summed E-state index contributed by atoms with van der Waals surface area (Å²) in [5.74, 6) is 0.793. The Morgan fingerprint density at radius 1 is 1.44 bits per heavy atom. The van der Waals surface area contributed by atoms with E-state index in [-0.39, 0.29) is 5.82 Å². The van der Waals surface area contributed by atoms with Crippen molar-refractivity contribution in [3.8, 4) is 11.5 Å². The Labute approximate surface area is 93.1 Å². The van der Waals surface area contributed by atoms with Crippen molar-refractivity contribution in [1.29, 1.82) is 0 Å². The lowest BCUT2D eigenvalue weighted by atomic mass is 10.2. The Bertz CT molecular complexity index is 472. The number of aryl methyl sites for hydroxylation is 1. The van der Waals surface area contributed by atoms with Gasteiger partial charge in [-0.2, -0.15) is 0 Å². The van der Waals surface area contributed by atoms with E-state index < -0.39 is 0 Å². The number of hydrogen-bond acceptors (Lipinski definition) is 3. The minimum absolute atomic E-state index is 0.303. The Morgan fingerprint density at radius 2 is 2.25 bits per heavy atom. The Balaban J connectivity index is 2.44. The van der Waals surface area contributed by atoms with Gasteiger partial charge in [0, 0.05) is 5.56 Å². The maximum Gasteiger partial charge on any atom is 0.226 e. The number of nitrogens with zero attached hydrogens (tertiary/aromatic N) is 1. The third-order valence-corrected chi connectivity index (χ3v) is 2.37. The minimum atomic E-state index is -0.303. The molecule has 1 aromatic carbocycles. The van der Waals surface area contributed by atoms with Crippen LogP contribution in [0.5, 0.6) is 0 Å². The third-order valence-electron chi connectivity index (χ3n) is 2.37. The molecular weight excluding hydrogens is 207 g/mol. The Hall–Kier alpha value is -1.68. The standard InChI is InChI=1S/C12H13FN2O/c1-2-10-11(7-14)16-12(15-10)8-4-3-5-9(13)6-8/h3-6H,2,7,14H2,1H3. The number of halogens is 1. The number of aromatic nitrogens is 1. The molecule has 3 nitrogen and oxygen atoms in total. The highest BCUT2D eigenvalue weighted by Crippen LogP contribution is 2.22. The lowest BCUT2D eigenvalue weighted by Crippen LogP contribution is -1.97. The third kappa shape index (κ3) is 1.97. The van der Waals surface area contributed by atoms with Gasteiger partial charge in [-0.25, -0.2) is 9.37 Å². The molecule has 0 radical (unpaired) electrons. The molecule has 1 aromatic heterocycles. The quantitative estimate of drug-likeness (QED) is 0.864. The molecule has 0 saturated carbocycles. The van der Waals surface area contributed by atoms with Gasteiger partial charge in [-0.3, -0.25) is 0 Å². The minimum Gasteiger partial charge on any atom is -0.440 e. The molecule has 0 amide bonds. The van der Waals surface area contributed by atoms with Gasteiger partial charge < -0.3 is 10.2 Å². The largest absolute Gasteiger partial charge is 0.440 e. The summed E-state index contributed by atoms with van der Waals surface area (Å²) in [5, 5.41) is 0. The molecule has 2 aromatic rings. The van der Waals surface area contributed by atoms with Crippen LogP contribution in [-0.4, -0.2) is 4.98 Å². The van der Waals surface area contributed by atoms with E-state index in [4.69, 9.17) is 10.2 Å². The molecule has 16 heavy (non-hydrogen) atoms. The molecule has 2 N–H and O–H groups in total. The average molecular weight is 220 g/mol. The molecule has 2 rings (SSSR count). The molecule has 0 saturated heterocycles. The highest BCUT2D eigenvalue weighted by molar-refractivity contribution is 5.53. The van der Waals surface area contributed by atoms with E-state index in [9.17, 15) is 4.39 Å². The van der Waals surface area contributed by atoms with Gasteiger partial charge in [0.05, 0.1) is 12.2 Å². The fourth-order valence-electron chi connectivity index (χ4n) is 1.56. The van der Waals surface area contributed by atoms with Crippen molar-refractivity contribution in [2.24, 2.45) is 5.73 Å². The molecule has 0 unspecified atom stereocenters. The summed E-state index contributed by atoms with van der Waals surface area (Å²) < 4.78 is 18.5. The molecule has 0 bridgehead atoms. The van der Waals surface area contributed by atoms with Gasteiger partial charge in [0.1, 0.15) is 11.6 Å². The monoisotopic (exact) mass is 220 g/mol. The van der Waals surface area contributed by atoms with Crippen LogP contribution < -0.4 is 5.73 Å². The molecule has 84 valence electrons. The maximum atomic E-state index is 13.0. The first-order valence-corrected chi connectivity index (χ1v) is 5.19. The summed E-state index contributed by atoms with van der Waals surface area (Å²) in [7, 11) is 0. The summed E-state index contributed by atoms with van der Waals surface area (Å²) in [5.41, 5.74) is 7.01. The molecule has 0 aliphatic rings. The summed E-state index contributed by atoms with van der Waals surface area (Å²) in [6.07, 6.45) is 0.755. The predicted molar refractivity (Wildman–Crippen MR) is 59.2 cm³/mol. The molecule has 1 heterocycles. The van der Waals surface area contributed by atoms with Gasteiger partial charge in [0.25, 0.3) is 0 Å². The van der Waals surface area contributed by atoms with Gasteiger partial charge >= 0.3 is 0 Å². The van der Waals surface area contributed by atoms with Gasteiger partial charge in [-0.05, 0) is 24.6 Å². The van der Waals surface area contributed by atoms with E-state index in [1.807, 2.05) is 6.92 Å². The number of hydrogen-bond donors (Lipinski definition) is 1. The zero-order valence-electron chi connectivity index (χ0n) is 9.03. The summed E-state index contributed by atoms with van der Waals surface area (Å²) >= 11 is 0. The van der Waals surface area contributed by atoms with Crippen LogP contribution >= 0.6 is 0 Å². The van der Waals surface area contributed by atoms with E-state index in [0.29, 0.717) is 23.8 Å². The Kier molecular flexibility index (Phi) is 3.01. The molecule has 0 aliphatic carbocycles. The van der Waals surface area contributed by atoms with Gasteiger partial charge in [-0.1, -0.05) is 13.0 Å². The molecule has 4 heteroatoms. The summed E-state index contributed by atoms with van der Waals surface area (Å²) in [4.78, 5) is 4.30. The predicted octanol–water partition coefficient (Wildman–Crippen LogP) is 2.50. The smallest absolute Gasteiger partial charge is 0.226 e. The van der Waals surface area contributed by atoms with Crippen molar-refractivity contribution < 1.29 is 8.81 Å². The highest BCUT2D eigenvalue weighted by Gasteiger charge is 2.12. The van der Waals surface area contributed by atoms with Crippen LogP contribution in [0.1, 0.15) is 18.4 Å². The van der Waals surface area contributed by atoms with Crippen molar-refractivity contribution in [3.05, 3.63) is 41.5 Å². The SMILES string of the molecule is CCc1nc(-c2cccc(F)c2)oc1CN. The molecule has 0 atom stereocenters. The average Bonchev–Trinajstić information content (AvgIpc) is 2.72. The topological polar surface area (TPSA) is 52.0 Å². The van der Waals surface area contributed by atoms with Crippen LogP contribution in [-0.2, 0) is 13.0 Å². The second-order valence-electron chi connectivity index (χ2n) is 3.46. The van der Waals surface area contributed by atoms with Crippen LogP contribution in [0.4, 0.5) is 4.39 Å². The van der Waals surface area contributed by atoms with Crippen molar-refractivity contribution >= 4 is 0 Å². The van der Waals surface area contributed by atoms with Crippen molar-refractivity contribution in [3.63, 3.8) is 0 Å². The van der Waals surface area contributed by atoms with E-state index in [1.54, 1.807) is 12.1 Å². The molecular formula is C12H13FN2O. The van der Waals surface area contributed by atoms with E-state index in [0.717, 1.165) is 12.1 Å². The zero-order chi connectivity index (χ0) is 11.5. The van der Waals surface area contributed by atoms with Gasteiger partial charge in [0.2, 0.25) is 5.89 Å². The number of oxazole rings is 1. The second-order valence-corrected chi connectivity index (χ2v) is 3.46.